The van der Waals surface area contributed by atoms with E-state index in [1.165, 1.54) is 25.8 Å². The lowest BCUT2D eigenvalue weighted by Gasteiger charge is -2.42. The molecule has 1 N–H and O–H groups in total. The van der Waals surface area contributed by atoms with Crippen molar-refractivity contribution in [3.63, 3.8) is 0 Å². The molecule has 0 radical (unpaired) electrons. The lowest BCUT2D eigenvalue weighted by atomic mass is 9.76. The molecule has 3 fully saturated rings. The summed E-state index contributed by atoms with van der Waals surface area (Å²) in [5.74, 6) is 0.777. The van der Waals surface area contributed by atoms with Gasteiger partial charge in [-0.1, -0.05) is 29.3 Å². The smallest absolute Gasteiger partial charge is 0.317 e. The molecule has 30 heavy (non-hydrogen) atoms. The maximum Gasteiger partial charge on any atom is 0.317 e. The molecule has 2 saturated heterocycles. The average Bonchev–Trinajstić information content (AvgIpc) is 2.69. The third kappa shape index (κ3) is 5.17. The number of hydrogen-bond acceptors (Lipinski definition) is 3. The van der Waals surface area contributed by atoms with E-state index in [-0.39, 0.29) is 11.6 Å². The highest BCUT2D eigenvalue weighted by Crippen LogP contribution is 2.35. The summed E-state index contributed by atoms with van der Waals surface area (Å²) in [5.41, 5.74) is 1.03. The molecular weight excluding hydrogens is 419 g/mol. The highest BCUT2D eigenvalue weighted by molar-refractivity contribution is 6.43. The molecule has 1 aromatic rings. The minimum Gasteiger partial charge on any atom is -0.368 e. The van der Waals surface area contributed by atoms with Gasteiger partial charge >= 0.3 is 6.03 Å². The zero-order valence-corrected chi connectivity index (χ0v) is 19.5. The number of nitrogens with one attached hydrogen (secondary N) is 1. The molecule has 2 aliphatic heterocycles. The van der Waals surface area contributed by atoms with Crippen LogP contribution in [0.3, 0.4) is 0 Å². The van der Waals surface area contributed by atoms with E-state index < -0.39 is 0 Å². The molecule has 3 aliphatic rings. The molecular formula is C23H34Cl2N4O. The normalized spacial score (nSPS) is 27.6. The number of carbonyl (C=O) groups excluding carboxylic acids is 1. The molecule has 166 valence electrons. The number of likely N-dealkylation sites (tertiary alicyclic amines) is 1. The second kappa shape index (κ2) is 9.54. The van der Waals surface area contributed by atoms with Gasteiger partial charge in [0, 0.05) is 44.8 Å². The third-order valence-electron chi connectivity index (χ3n) is 7.26. The Bertz CT molecular complexity index is 739. The fourth-order valence-corrected chi connectivity index (χ4v) is 5.31. The Labute approximate surface area is 190 Å². The summed E-state index contributed by atoms with van der Waals surface area (Å²) in [5, 5.41) is 4.60. The van der Waals surface area contributed by atoms with Crippen molar-refractivity contribution in [3.8, 4) is 0 Å². The number of benzene rings is 1. The maximum atomic E-state index is 12.3. The Balaban J connectivity index is 1.17. The van der Waals surface area contributed by atoms with E-state index in [1.807, 2.05) is 17.0 Å². The number of hydrogen-bond donors (Lipinski definition) is 1. The Kier molecular flexibility index (Phi) is 7.01. The van der Waals surface area contributed by atoms with Crippen LogP contribution < -0.4 is 10.2 Å². The first-order valence-electron chi connectivity index (χ1n) is 11.4. The van der Waals surface area contributed by atoms with Crippen LogP contribution in [-0.4, -0.2) is 67.2 Å². The van der Waals surface area contributed by atoms with Gasteiger partial charge in [0.2, 0.25) is 0 Å². The van der Waals surface area contributed by atoms with Crippen LogP contribution in [-0.2, 0) is 0 Å². The van der Waals surface area contributed by atoms with Gasteiger partial charge in [-0.3, -0.25) is 4.90 Å². The van der Waals surface area contributed by atoms with Gasteiger partial charge in [-0.05, 0) is 70.0 Å². The van der Waals surface area contributed by atoms with E-state index in [2.05, 4.69) is 28.1 Å². The lowest BCUT2D eigenvalue weighted by Crippen LogP contribution is -2.56. The number of carbonyl (C=O) groups is 1. The van der Waals surface area contributed by atoms with Crippen molar-refractivity contribution in [3.05, 3.63) is 28.2 Å². The number of nitrogens with zero attached hydrogens (tertiary/aromatic N) is 3. The van der Waals surface area contributed by atoms with Crippen LogP contribution in [0.5, 0.6) is 0 Å². The Morgan fingerprint density at radius 1 is 1.10 bits per heavy atom. The van der Waals surface area contributed by atoms with E-state index in [9.17, 15) is 4.79 Å². The number of amides is 2. The summed E-state index contributed by atoms with van der Waals surface area (Å²) in [6, 6.07) is 6.01. The van der Waals surface area contributed by atoms with Gasteiger partial charge in [0.25, 0.3) is 0 Å². The van der Waals surface area contributed by atoms with E-state index in [4.69, 9.17) is 23.2 Å². The molecule has 2 amide bonds. The predicted molar refractivity (Wildman–Crippen MR) is 125 cm³/mol. The van der Waals surface area contributed by atoms with Crippen molar-refractivity contribution in [2.24, 2.45) is 5.92 Å². The molecule has 0 spiro atoms. The van der Waals surface area contributed by atoms with Crippen LogP contribution in [0.2, 0.25) is 10.0 Å². The molecule has 1 aromatic carbocycles. The van der Waals surface area contributed by atoms with Gasteiger partial charge in [-0.2, -0.15) is 0 Å². The van der Waals surface area contributed by atoms with Crippen molar-refractivity contribution in [2.75, 3.05) is 50.7 Å². The van der Waals surface area contributed by atoms with Crippen LogP contribution in [0.4, 0.5) is 10.5 Å². The van der Waals surface area contributed by atoms with Gasteiger partial charge < -0.3 is 15.1 Å². The summed E-state index contributed by atoms with van der Waals surface area (Å²) in [7, 11) is 0. The van der Waals surface area contributed by atoms with Gasteiger partial charge in [-0.25, -0.2) is 4.79 Å². The van der Waals surface area contributed by atoms with Crippen molar-refractivity contribution in [1.29, 1.82) is 0 Å². The van der Waals surface area contributed by atoms with Gasteiger partial charge in [0.05, 0.1) is 15.7 Å². The average molecular weight is 453 g/mol. The number of anilines is 1. The van der Waals surface area contributed by atoms with Crippen LogP contribution in [0.25, 0.3) is 0 Å². The molecule has 0 unspecified atom stereocenters. The molecule has 1 aliphatic carbocycles. The summed E-state index contributed by atoms with van der Waals surface area (Å²) in [4.78, 5) is 19.1. The standard InChI is InChI=1S/C23H34Cl2N4O/c1-23(26-22(30)29-11-3-12-29)9-6-18(7-10-23)8-13-27-14-16-28(17-15-27)20-5-2-4-19(24)21(20)25/h2,4-5,18H,3,6-17H2,1H3,(H,26,30). The highest BCUT2D eigenvalue weighted by Gasteiger charge is 2.34. The molecule has 0 atom stereocenters. The molecule has 0 aromatic heterocycles. The third-order valence-corrected chi connectivity index (χ3v) is 8.07. The summed E-state index contributed by atoms with van der Waals surface area (Å²) in [6.07, 6.45) is 7.03. The fraction of sp³-hybridized carbons (Fsp3) is 0.696. The Morgan fingerprint density at radius 2 is 1.80 bits per heavy atom. The zero-order valence-electron chi connectivity index (χ0n) is 18.0. The highest BCUT2D eigenvalue weighted by atomic mass is 35.5. The maximum absolute atomic E-state index is 12.3. The van der Waals surface area contributed by atoms with Gasteiger partial charge in [0.15, 0.2) is 0 Å². The molecule has 4 rings (SSSR count). The monoisotopic (exact) mass is 452 g/mol. The van der Waals surface area contributed by atoms with E-state index in [0.29, 0.717) is 10.0 Å². The molecule has 0 bridgehead atoms. The first-order valence-corrected chi connectivity index (χ1v) is 12.2. The van der Waals surface area contributed by atoms with Crippen LogP contribution in [0.15, 0.2) is 18.2 Å². The van der Waals surface area contributed by atoms with Crippen LogP contribution in [0.1, 0.15) is 45.4 Å². The van der Waals surface area contributed by atoms with Crippen molar-refractivity contribution in [1.82, 2.24) is 15.1 Å². The zero-order chi connectivity index (χ0) is 21.1. The van der Waals surface area contributed by atoms with Crippen LogP contribution in [0, 0.1) is 5.92 Å². The van der Waals surface area contributed by atoms with Crippen LogP contribution >= 0.6 is 23.2 Å². The number of halogens is 2. The summed E-state index contributed by atoms with van der Waals surface area (Å²) >= 11 is 12.6. The van der Waals surface area contributed by atoms with Gasteiger partial charge in [0.1, 0.15) is 0 Å². The largest absolute Gasteiger partial charge is 0.368 e. The molecule has 1 saturated carbocycles. The number of rotatable bonds is 5. The Hall–Kier alpha value is -1.17. The van der Waals surface area contributed by atoms with E-state index in [1.54, 1.807) is 0 Å². The first kappa shape index (κ1) is 22.0. The quantitative estimate of drug-likeness (QED) is 0.692. The van der Waals surface area contributed by atoms with Crippen molar-refractivity contribution < 1.29 is 4.79 Å². The van der Waals surface area contributed by atoms with Gasteiger partial charge in [-0.15, -0.1) is 0 Å². The predicted octanol–water partition coefficient (Wildman–Crippen LogP) is 4.87. The SMILES string of the molecule is CC1(NC(=O)N2CCC2)CCC(CCN2CCN(c3cccc(Cl)c3Cl)CC2)CC1. The molecule has 7 heteroatoms. The Morgan fingerprint density at radius 3 is 2.43 bits per heavy atom. The molecule has 2 heterocycles. The van der Waals surface area contributed by atoms with E-state index >= 15 is 0 Å². The second-order valence-corrected chi connectivity index (χ2v) is 10.3. The summed E-state index contributed by atoms with van der Waals surface area (Å²) in [6.45, 7) is 9.34. The van der Waals surface area contributed by atoms with E-state index in [0.717, 1.165) is 70.1 Å². The minimum atomic E-state index is -0.0228. The topological polar surface area (TPSA) is 38.8 Å². The fourth-order valence-electron chi connectivity index (χ4n) is 4.90. The summed E-state index contributed by atoms with van der Waals surface area (Å²) < 4.78 is 0. The minimum absolute atomic E-state index is 0.0228. The molecule has 5 nitrogen and oxygen atoms in total. The van der Waals surface area contributed by atoms with Crippen molar-refractivity contribution >= 4 is 34.9 Å². The van der Waals surface area contributed by atoms with Crippen molar-refractivity contribution in [2.45, 2.75) is 51.0 Å². The second-order valence-electron chi connectivity index (χ2n) is 9.47. The first-order chi connectivity index (χ1) is 14.4. The number of piperazine rings is 1. The number of urea groups is 1. The lowest BCUT2D eigenvalue weighted by molar-refractivity contribution is 0.136.